The number of benzene rings is 2. The Hall–Kier alpha value is -3.53. The van der Waals surface area contributed by atoms with Gasteiger partial charge in [0.15, 0.2) is 0 Å². The van der Waals surface area contributed by atoms with Gasteiger partial charge < -0.3 is 14.7 Å². The Morgan fingerprint density at radius 2 is 1.76 bits per heavy atom. The highest BCUT2D eigenvalue weighted by Gasteiger charge is 2.38. The van der Waals surface area contributed by atoms with Crippen molar-refractivity contribution in [1.82, 2.24) is 15.1 Å². The Morgan fingerprint density at radius 3 is 2.42 bits per heavy atom. The molecule has 0 bridgehead atoms. The average Bonchev–Trinajstić information content (AvgIpc) is 3.49. The number of hydrogen-bond donors (Lipinski definition) is 1. The van der Waals surface area contributed by atoms with Crippen molar-refractivity contribution < 1.29 is 26.5 Å². The number of alkyl halides is 3. The molecule has 1 atom stereocenters. The zero-order valence-electron chi connectivity index (χ0n) is 17.6. The lowest BCUT2D eigenvalue weighted by atomic mass is 9.81. The largest absolute Gasteiger partial charge is 0.471 e. The molecule has 0 amide bonds. The number of rotatable bonds is 7. The van der Waals surface area contributed by atoms with Crippen molar-refractivity contribution >= 4 is 0 Å². The number of halogens is 4. The molecule has 4 aromatic rings. The molecule has 2 aromatic heterocycles. The number of oxazole rings is 1. The molecule has 2 N–H and O–H groups in total. The minimum absolute atomic E-state index is 0.133. The fraction of sp³-hybridized carbons (Fsp3) is 0.261. The summed E-state index contributed by atoms with van der Waals surface area (Å²) in [5.41, 5.74) is 8.14. The fourth-order valence-corrected chi connectivity index (χ4v) is 3.35. The Kier molecular flexibility index (Phi) is 6.03. The van der Waals surface area contributed by atoms with Gasteiger partial charge in [0, 0.05) is 23.1 Å². The second-order valence-corrected chi connectivity index (χ2v) is 7.93. The zero-order chi connectivity index (χ0) is 23.6. The summed E-state index contributed by atoms with van der Waals surface area (Å²) in [6, 6.07) is 12.7. The normalized spacial score (nSPS) is 13.8. The lowest BCUT2D eigenvalue weighted by molar-refractivity contribution is -0.159. The van der Waals surface area contributed by atoms with Gasteiger partial charge >= 0.3 is 12.1 Å². The SMILES string of the molecule is CC(CN)(CCc1cccc(-c2noc(C(F)(F)F)n2)c1)c1coc(-c2ccc(F)cc2)n1. The second-order valence-electron chi connectivity index (χ2n) is 7.93. The monoisotopic (exact) mass is 460 g/mol. The highest BCUT2D eigenvalue weighted by molar-refractivity contribution is 5.55. The van der Waals surface area contributed by atoms with Crippen LogP contribution in [-0.2, 0) is 18.0 Å². The highest BCUT2D eigenvalue weighted by atomic mass is 19.4. The van der Waals surface area contributed by atoms with Crippen molar-refractivity contribution in [3.8, 4) is 22.8 Å². The Labute approximate surface area is 186 Å². The molecule has 33 heavy (non-hydrogen) atoms. The van der Waals surface area contributed by atoms with Crippen LogP contribution >= 0.6 is 0 Å². The molecular formula is C23H20F4N4O2. The van der Waals surface area contributed by atoms with Crippen LogP contribution in [0.2, 0.25) is 0 Å². The molecule has 2 heterocycles. The quantitative estimate of drug-likeness (QED) is 0.372. The van der Waals surface area contributed by atoms with E-state index in [9.17, 15) is 17.6 Å². The summed E-state index contributed by atoms with van der Waals surface area (Å²) >= 11 is 0. The van der Waals surface area contributed by atoms with E-state index in [4.69, 9.17) is 10.2 Å². The van der Waals surface area contributed by atoms with Gasteiger partial charge in [-0.05, 0) is 48.7 Å². The predicted octanol–water partition coefficient (Wildman–Crippen LogP) is 5.40. The summed E-state index contributed by atoms with van der Waals surface area (Å²) in [5, 5.41) is 3.43. The molecule has 0 fully saturated rings. The summed E-state index contributed by atoms with van der Waals surface area (Å²) in [6.07, 6.45) is -1.98. The van der Waals surface area contributed by atoms with Crippen LogP contribution in [0.3, 0.4) is 0 Å². The zero-order valence-corrected chi connectivity index (χ0v) is 17.6. The van der Waals surface area contributed by atoms with Crippen LogP contribution in [0.1, 0.15) is 30.5 Å². The number of aromatic nitrogens is 3. The summed E-state index contributed by atoms with van der Waals surface area (Å²) in [5.74, 6) is -1.51. The fourth-order valence-electron chi connectivity index (χ4n) is 3.35. The van der Waals surface area contributed by atoms with Crippen LogP contribution in [0.4, 0.5) is 17.6 Å². The molecule has 10 heteroatoms. The Morgan fingerprint density at radius 1 is 1.00 bits per heavy atom. The van der Waals surface area contributed by atoms with Crippen molar-refractivity contribution in [2.45, 2.75) is 31.4 Å². The second kappa shape index (κ2) is 8.78. The minimum atomic E-state index is -4.70. The third-order valence-electron chi connectivity index (χ3n) is 5.48. The van der Waals surface area contributed by atoms with Gasteiger partial charge in [0.25, 0.3) is 0 Å². The molecule has 0 aliphatic heterocycles. The summed E-state index contributed by atoms with van der Waals surface area (Å²) in [4.78, 5) is 7.98. The van der Waals surface area contributed by atoms with Crippen molar-refractivity contribution in [1.29, 1.82) is 0 Å². The maximum absolute atomic E-state index is 13.2. The molecule has 0 aliphatic rings. The highest BCUT2D eigenvalue weighted by Crippen LogP contribution is 2.32. The average molecular weight is 460 g/mol. The summed E-state index contributed by atoms with van der Waals surface area (Å²) in [7, 11) is 0. The number of nitrogens with two attached hydrogens (primary N) is 1. The van der Waals surface area contributed by atoms with E-state index in [1.165, 1.54) is 12.1 Å². The number of hydrogen-bond acceptors (Lipinski definition) is 6. The summed E-state index contributed by atoms with van der Waals surface area (Å²) < 4.78 is 61.3. The molecule has 0 spiro atoms. The molecule has 2 aromatic carbocycles. The van der Waals surface area contributed by atoms with E-state index in [1.54, 1.807) is 36.6 Å². The van der Waals surface area contributed by atoms with Crippen molar-refractivity contribution in [2.75, 3.05) is 6.54 Å². The first-order chi connectivity index (χ1) is 15.7. The third-order valence-corrected chi connectivity index (χ3v) is 5.48. The van der Waals surface area contributed by atoms with E-state index in [2.05, 4.69) is 19.6 Å². The van der Waals surface area contributed by atoms with E-state index in [0.29, 0.717) is 42.1 Å². The smallest absolute Gasteiger partial charge is 0.444 e. The third kappa shape index (κ3) is 4.95. The van der Waals surface area contributed by atoms with Gasteiger partial charge in [-0.2, -0.15) is 18.2 Å². The lowest BCUT2D eigenvalue weighted by Gasteiger charge is -2.25. The number of aryl methyl sites for hydroxylation is 1. The molecule has 0 saturated heterocycles. The van der Waals surface area contributed by atoms with Crippen molar-refractivity contribution in [3.63, 3.8) is 0 Å². The van der Waals surface area contributed by atoms with Crippen LogP contribution < -0.4 is 5.73 Å². The minimum Gasteiger partial charge on any atom is -0.444 e. The molecule has 0 radical (unpaired) electrons. The molecular weight excluding hydrogens is 440 g/mol. The maximum atomic E-state index is 13.2. The lowest BCUT2D eigenvalue weighted by Crippen LogP contribution is -2.32. The standard InChI is InChI=1S/C23H20F4N4O2/c1-22(13-28,18-12-32-20(29-18)15-5-7-17(24)8-6-15)10-9-14-3-2-4-16(11-14)19-30-21(33-31-19)23(25,26)27/h2-8,11-12H,9-10,13,28H2,1H3. The number of nitrogens with zero attached hydrogens (tertiary/aromatic N) is 3. The topological polar surface area (TPSA) is 91.0 Å². The molecule has 1 unspecified atom stereocenters. The van der Waals surface area contributed by atoms with E-state index < -0.39 is 17.5 Å². The van der Waals surface area contributed by atoms with E-state index in [1.807, 2.05) is 13.0 Å². The summed E-state index contributed by atoms with van der Waals surface area (Å²) in [6.45, 7) is 2.25. The Balaban J connectivity index is 1.50. The van der Waals surface area contributed by atoms with Crippen molar-refractivity contribution in [2.24, 2.45) is 5.73 Å². The first kappa shape index (κ1) is 22.7. The maximum Gasteiger partial charge on any atom is 0.471 e. The molecule has 4 rings (SSSR count). The first-order valence-corrected chi connectivity index (χ1v) is 10.1. The van der Waals surface area contributed by atoms with E-state index >= 15 is 0 Å². The Bertz CT molecular complexity index is 1230. The van der Waals surface area contributed by atoms with Crippen LogP contribution in [-0.4, -0.2) is 21.7 Å². The van der Waals surface area contributed by atoms with Crippen LogP contribution in [0, 0.1) is 5.82 Å². The van der Waals surface area contributed by atoms with Gasteiger partial charge in [-0.25, -0.2) is 9.37 Å². The van der Waals surface area contributed by atoms with Crippen LogP contribution in [0.5, 0.6) is 0 Å². The van der Waals surface area contributed by atoms with Gasteiger partial charge in [0.1, 0.15) is 12.1 Å². The van der Waals surface area contributed by atoms with Crippen molar-refractivity contribution in [3.05, 3.63) is 77.8 Å². The van der Waals surface area contributed by atoms with Gasteiger partial charge in [-0.1, -0.05) is 30.3 Å². The van der Waals surface area contributed by atoms with Crippen LogP contribution in [0.15, 0.2) is 63.7 Å². The van der Waals surface area contributed by atoms with Gasteiger partial charge in [0.2, 0.25) is 11.7 Å². The van der Waals surface area contributed by atoms with Crippen LogP contribution in [0.25, 0.3) is 22.8 Å². The molecule has 6 nitrogen and oxygen atoms in total. The predicted molar refractivity (Wildman–Crippen MR) is 111 cm³/mol. The van der Waals surface area contributed by atoms with E-state index in [-0.39, 0.29) is 11.6 Å². The van der Waals surface area contributed by atoms with E-state index in [0.717, 1.165) is 5.56 Å². The van der Waals surface area contributed by atoms with Gasteiger partial charge in [0.05, 0.1) is 5.69 Å². The van der Waals surface area contributed by atoms with Gasteiger partial charge in [-0.15, -0.1) is 0 Å². The molecule has 172 valence electrons. The molecule has 0 saturated carbocycles. The first-order valence-electron chi connectivity index (χ1n) is 10.1. The molecule has 0 aliphatic carbocycles. The van der Waals surface area contributed by atoms with Gasteiger partial charge in [-0.3, -0.25) is 0 Å².